The molecule has 4 fully saturated rings. The van der Waals surface area contributed by atoms with E-state index < -0.39 is 0 Å². The third-order valence-electron chi connectivity index (χ3n) is 12.1. The predicted molar refractivity (Wildman–Crippen MR) is 149 cm³/mol. The number of esters is 1. The Kier molecular flexibility index (Phi) is 7.92. The van der Waals surface area contributed by atoms with Crippen LogP contribution in [0.4, 0.5) is 0 Å². The van der Waals surface area contributed by atoms with Crippen LogP contribution in [0.5, 0.6) is 5.75 Å². The van der Waals surface area contributed by atoms with E-state index in [1.54, 1.807) is 6.07 Å². The summed E-state index contributed by atoms with van der Waals surface area (Å²) in [5, 5.41) is 31.6. The van der Waals surface area contributed by atoms with Crippen LogP contribution < -0.4 is 0 Å². The molecule has 0 spiro atoms. The van der Waals surface area contributed by atoms with Crippen molar-refractivity contribution in [2.24, 2.45) is 46.3 Å². The molecule has 38 heavy (non-hydrogen) atoms. The van der Waals surface area contributed by atoms with E-state index in [2.05, 4.69) is 20.8 Å². The van der Waals surface area contributed by atoms with Gasteiger partial charge >= 0.3 is 5.97 Å². The molecule has 1 aromatic rings. The fourth-order valence-electron chi connectivity index (χ4n) is 9.89. The van der Waals surface area contributed by atoms with Crippen molar-refractivity contribution in [1.29, 1.82) is 0 Å². The lowest BCUT2D eigenvalue weighted by Crippen LogP contribution is -2.58. The fraction of sp³-hybridized carbons (Fsp3) is 0.788. The summed E-state index contributed by atoms with van der Waals surface area (Å²) in [5.74, 6) is 3.16. The monoisotopic (exact) mass is 526 g/mol. The first kappa shape index (κ1) is 28.0. The summed E-state index contributed by atoms with van der Waals surface area (Å²) in [6, 6.07) is 5.61. The maximum absolute atomic E-state index is 12.5. The molecule has 4 saturated carbocycles. The maximum atomic E-state index is 12.5. The average Bonchev–Trinajstić information content (AvgIpc) is 3.23. The Labute approximate surface area is 229 Å². The molecule has 0 amide bonds. The topological polar surface area (TPSA) is 87.0 Å². The molecule has 0 unspecified atom stereocenters. The number of phenolic OH excluding ortho intramolecular Hbond substituents is 1. The lowest BCUT2D eigenvalue weighted by molar-refractivity contribution is -0.174. The van der Waals surface area contributed by atoms with E-state index in [4.69, 9.17) is 4.74 Å². The van der Waals surface area contributed by atoms with Crippen LogP contribution >= 0.6 is 0 Å². The molecule has 5 nitrogen and oxygen atoms in total. The Hall–Kier alpha value is -1.59. The van der Waals surface area contributed by atoms with Gasteiger partial charge in [-0.15, -0.1) is 0 Å². The zero-order chi connectivity index (χ0) is 27.2. The lowest BCUT2D eigenvalue weighted by atomic mass is 9.43. The molecular weight excluding hydrogens is 476 g/mol. The quantitative estimate of drug-likeness (QED) is 0.369. The number of carbonyl (C=O) groups excluding carboxylic acids is 1. The second kappa shape index (κ2) is 10.8. The average molecular weight is 527 g/mol. The number of benzene rings is 1. The van der Waals surface area contributed by atoms with E-state index >= 15 is 0 Å². The number of aliphatic hydroxyl groups excluding tert-OH is 2. The number of fused-ring (bicyclic) bond motifs is 5. The standard InChI is InChI=1S/C33H50O5/c1-20(6-10-30(37)38-16-13-22-7-5-21(2)28(35)17-22)25-8-9-26-31-27(12-15-33(25,26)4)32(3)14-11-24(34)18-23(32)19-29(31)36/h5,7,17,20,23-27,29,31,34-36H,6,8-16,18-19H2,1-4H3/t20-,23+,24-,25-,26+,27+,29+,31+,32+,33-/m1/s1. The Morgan fingerprint density at radius 1 is 1.05 bits per heavy atom. The summed E-state index contributed by atoms with van der Waals surface area (Å²) in [6.45, 7) is 9.50. The Morgan fingerprint density at radius 3 is 2.55 bits per heavy atom. The number of aryl methyl sites for hydroxylation is 1. The first-order valence-corrected chi connectivity index (χ1v) is 15.3. The maximum Gasteiger partial charge on any atom is 0.305 e. The SMILES string of the molecule is Cc1ccc(CCOC(=O)CC[C@@H](C)[C@H]2CC[C@H]3[C@@H]4[C@@H](O)C[C@@H]5C[C@H](O)CC[C@]5(C)[C@H]4CC[C@]23C)cc1O. The smallest absolute Gasteiger partial charge is 0.305 e. The van der Waals surface area contributed by atoms with Gasteiger partial charge in [-0.05, 0) is 128 Å². The second-order valence-corrected chi connectivity index (χ2v) is 14.1. The minimum absolute atomic E-state index is 0.127. The second-order valence-electron chi connectivity index (χ2n) is 14.1. The zero-order valence-corrected chi connectivity index (χ0v) is 24.0. The van der Waals surface area contributed by atoms with Crippen molar-refractivity contribution in [1.82, 2.24) is 0 Å². The molecule has 0 heterocycles. The number of hydrogen-bond acceptors (Lipinski definition) is 5. The van der Waals surface area contributed by atoms with Crippen LogP contribution in [-0.2, 0) is 16.0 Å². The normalized spacial score (nSPS) is 41.1. The number of rotatable bonds is 7. The van der Waals surface area contributed by atoms with Crippen molar-refractivity contribution in [3.8, 4) is 5.75 Å². The largest absolute Gasteiger partial charge is 0.508 e. The molecule has 5 rings (SSSR count). The van der Waals surface area contributed by atoms with Crippen LogP contribution in [0.15, 0.2) is 18.2 Å². The van der Waals surface area contributed by atoms with Crippen LogP contribution in [0.1, 0.15) is 96.1 Å². The molecular formula is C33H50O5. The van der Waals surface area contributed by atoms with Gasteiger partial charge in [0.25, 0.3) is 0 Å². The van der Waals surface area contributed by atoms with Crippen LogP contribution in [0.25, 0.3) is 0 Å². The van der Waals surface area contributed by atoms with Gasteiger partial charge in [0.1, 0.15) is 5.75 Å². The first-order valence-electron chi connectivity index (χ1n) is 15.3. The highest BCUT2D eigenvalue weighted by molar-refractivity contribution is 5.69. The highest BCUT2D eigenvalue weighted by Crippen LogP contribution is 2.68. The molecule has 0 saturated heterocycles. The Morgan fingerprint density at radius 2 is 1.79 bits per heavy atom. The van der Waals surface area contributed by atoms with E-state index in [0.717, 1.165) is 43.2 Å². The highest BCUT2D eigenvalue weighted by atomic mass is 16.5. The van der Waals surface area contributed by atoms with Gasteiger partial charge in [-0.1, -0.05) is 32.9 Å². The van der Waals surface area contributed by atoms with Gasteiger partial charge in [-0.25, -0.2) is 0 Å². The lowest BCUT2D eigenvalue weighted by Gasteiger charge is -2.62. The van der Waals surface area contributed by atoms with Gasteiger partial charge in [-0.3, -0.25) is 4.79 Å². The molecule has 0 bridgehead atoms. The van der Waals surface area contributed by atoms with E-state index in [1.165, 1.54) is 25.7 Å². The molecule has 212 valence electrons. The van der Waals surface area contributed by atoms with Crippen molar-refractivity contribution in [3.63, 3.8) is 0 Å². The molecule has 0 aromatic heterocycles. The minimum atomic E-state index is -0.243. The van der Waals surface area contributed by atoms with E-state index in [9.17, 15) is 20.1 Å². The fourth-order valence-corrected chi connectivity index (χ4v) is 9.89. The summed E-state index contributed by atoms with van der Waals surface area (Å²) in [5.41, 5.74) is 2.32. The van der Waals surface area contributed by atoms with Crippen LogP contribution in [0, 0.1) is 53.3 Å². The summed E-state index contributed by atoms with van der Waals surface area (Å²) in [6.07, 6.45) is 10.0. The number of carbonyl (C=O) groups is 1. The van der Waals surface area contributed by atoms with Crippen LogP contribution in [0.3, 0.4) is 0 Å². The summed E-state index contributed by atoms with van der Waals surface area (Å²) in [7, 11) is 0. The molecule has 4 aliphatic carbocycles. The predicted octanol–water partition coefficient (Wildman–Crippen LogP) is 6.19. The van der Waals surface area contributed by atoms with E-state index in [0.29, 0.717) is 55.0 Å². The Balaban J connectivity index is 1.15. The van der Waals surface area contributed by atoms with Crippen molar-refractivity contribution in [2.45, 2.75) is 111 Å². The van der Waals surface area contributed by atoms with Crippen LogP contribution in [0.2, 0.25) is 0 Å². The molecule has 0 radical (unpaired) electrons. The summed E-state index contributed by atoms with van der Waals surface area (Å²) >= 11 is 0. The van der Waals surface area contributed by atoms with E-state index in [-0.39, 0.29) is 34.8 Å². The molecule has 5 heteroatoms. The van der Waals surface area contributed by atoms with Gasteiger partial charge in [0.05, 0.1) is 18.8 Å². The third kappa shape index (κ3) is 5.03. The van der Waals surface area contributed by atoms with Gasteiger partial charge < -0.3 is 20.1 Å². The number of ether oxygens (including phenoxy) is 1. The molecule has 0 aliphatic heterocycles. The highest BCUT2D eigenvalue weighted by Gasteiger charge is 2.62. The number of aliphatic hydroxyl groups is 2. The number of aromatic hydroxyl groups is 1. The van der Waals surface area contributed by atoms with Crippen LogP contribution in [-0.4, -0.2) is 40.1 Å². The van der Waals surface area contributed by atoms with Crippen molar-refractivity contribution in [3.05, 3.63) is 29.3 Å². The summed E-state index contributed by atoms with van der Waals surface area (Å²) < 4.78 is 5.54. The van der Waals surface area contributed by atoms with E-state index in [1.807, 2.05) is 19.1 Å². The van der Waals surface area contributed by atoms with Gasteiger partial charge in [0, 0.05) is 12.8 Å². The summed E-state index contributed by atoms with van der Waals surface area (Å²) in [4.78, 5) is 12.5. The van der Waals surface area contributed by atoms with Gasteiger partial charge in [0.2, 0.25) is 0 Å². The molecule has 4 aliphatic rings. The molecule has 10 atom stereocenters. The first-order chi connectivity index (χ1) is 18.0. The molecule has 1 aromatic carbocycles. The minimum Gasteiger partial charge on any atom is -0.508 e. The van der Waals surface area contributed by atoms with Gasteiger partial charge in [0.15, 0.2) is 0 Å². The number of phenols is 1. The van der Waals surface area contributed by atoms with Crippen molar-refractivity contribution >= 4 is 5.97 Å². The van der Waals surface area contributed by atoms with Gasteiger partial charge in [-0.2, -0.15) is 0 Å². The Bertz CT molecular complexity index is 1010. The molecule has 3 N–H and O–H groups in total. The van der Waals surface area contributed by atoms with Crippen molar-refractivity contribution in [2.75, 3.05) is 6.61 Å². The number of hydrogen-bond donors (Lipinski definition) is 3. The van der Waals surface area contributed by atoms with Crippen molar-refractivity contribution < 1.29 is 24.9 Å². The zero-order valence-electron chi connectivity index (χ0n) is 24.0. The third-order valence-corrected chi connectivity index (χ3v) is 12.1.